The minimum Gasteiger partial charge on any atom is -0.508 e. The Balaban J connectivity index is 0.00000196. The Bertz CT molecular complexity index is 315. The normalized spacial score (nSPS) is 13.1. The number of aliphatic hydroxyl groups is 1. The van der Waals surface area contributed by atoms with E-state index in [2.05, 4.69) is 0 Å². The zero-order valence-electron chi connectivity index (χ0n) is 8.97. The summed E-state index contributed by atoms with van der Waals surface area (Å²) < 4.78 is 0. The van der Waals surface area contributed by atoms with E-state index in [0.717, 1.165) is 0 Å². The fourth-order valence-electron chi connectivity index (χ4n) is 1.27. The number of benzene rings is 1. The van der Waals surface area contributed by atoms with E-state index in [9.17, 15) is 5.11 Å². The summed E-state index contributed by atoms with van der Waals surface area (Å²) in [5, 5.41) is 18.7. The average Bonchev–Trinajstić information content (AvgIpc) is 2.17. The van der Waals surface area contributed by atoms with Gasteiger partial charge in [-0.25, -0.2) is 0 Å². The molecule has 0 radical (unpaired) electrons. The van der Waals surface area contributed by atoms with Gasteiger partial charge in [0.25, 0.3) is 0 Å². The molecule has 0 unspecified atom stereocenters. The molecule has 0 aliphatic rings. The van der Waals surface area contributed by atoms with Crippen molar-refractivity contribution < 1.29 is 10.2 Å². The molecule has 15 heavy (non-hydrogen) atoms. The van der Waals surface area contributed by atoms with Crippen molar-refractivity contribution in [1.82, 2.24) is 0 Å². The van der Waals surface area contributed by atoms with Crippen LogP contribution in [-0.4, -0.2) is 16.8 Å². The summed E-state index contributed by atoms with van der Waals surface area (Å²) in [7, 11) is 0. The number of phenolic OH excluding ortho intramolecular Hbond substituents is 1. The van der Waals surface area contributed by atoms with Gasteiger partial charge in [-0.15, -0.1) is 12.4 Å². The molecule has 0 bridgehead atoms. The van der Waals surface area contributed by atoms with Gasteiger partial charge in [0.2, 0.25) is 0 Å². The maximum Gasteiger partial charge on any atom is 0.120 e. The highest BCUT2D eigenvalue weighted by molar-refractivity contribution is 5.85. The van der Waals surface area contributed by atoms with Crippen LogP contribution in [0.15, 0.2) is 24.3 Å². The number of aromatic hydroxyl groups is 1. The Hall–Kier alpha value is -0.770. The maximum absolute atomic E-state index is 9.58. The second-order valence-corrected chi connectivity index (χ2v) is 4.18. The zero-order valence-corrected chi connectivity index (χ0v) is 9.79. The molecule has 1 rings (SSSR count). The van der Waals surface area contributed by atoms with Gasteiger partial charge >= 0.3 is 0 Å². The van der Waals surface area contributed by atoms with Crippen LogP contribution >= 0.6 is 12.4 Å². The van der Waals surface area contributed by atoms with Crippen LogP contribution in [-0.2, 0) is 0 Å². The van der Waals surface area contributed by atoms with Crippen LogP contribution in [0.1, 0.15) is 25.5 Å². The van der Waals surface area contributed by atoms with Gasteiger partial charge in [0.15, 0.2) is 0 Å². The predicted molar refractivity (Wildman–Crippen MR) is 63.2 cm³/mol. The van der Waals surface area contributed by atoms with E-state index in [1.165, 1.54) is 0 Å². The minimum absolute atomic E-state index is 0. The second-order valence-electron chi connectivity index (χ2n) is 4.18. The van der Waals surface area contributed by atoms with E-state index in [1.54, 1.807) is 18.2 Å². The third-order valence-corrected chi connectivity index (χ3v) is 2.52. The third-order valence-electron chi connectivity index (χ3n) is 2.52. The first kappa shape index (κ1) is 14.2. The first-order valence-electron chi connectivity index (χ1n) is 4.63. The molecule has 1 aromatic rings. The van der Waals surface area contributed by atoms with Gasteiger partial charge in [-0.3, -0.25) is 0 Å². The van der Waals surface area contributed by atoms with Gasteiger partial charge in [0.05, 0.1) is 0 Å². The van der Waals surface area contributed by atoms with Crippen LogP contribution < -0.4 is 5.73 Å². The highest BCUT2D eigenvalue weighted by Gasteiger charge is 2.28. The lowest BCUT2D eigenvalue weighted by molar-refractivity contribution is 0.131. The fraction of sp³-hybridized carbons (Fsp3) is 0.455. The molecular formula is C11H18ClNO2. The number of rotatable bonds is 3. The van der Waals surface area contributed by atoms with Crippen LogP contribution in [0.25, 0.3) is 0 Å². The SMILES string of the molecule is CC(C)(CO)[C@@H](N)c1ccccc1O.Cl. The number of phenols is 1. The van der Waals surface area contributed by atoms with E-state index < -0.39 is 5.41 Å². The molecule has 0 aliphatic heterocycles. The number of aliphatic hydroxyl groups excluding tert-OH is 1. The first-order chi connectivity index (χ1) is 6.49. The number of para-hydroxylation sites is 1. The summed E-state index contributed by atoms with van der Waals surface area (Å²) >= 11 is 0. The van der Waals surface area contributed by atoms with Gasteiger partial charge in [-0.05, 0) is 6.07 Å². The molecule has 1 atom stereocenters. The Morgan fingerprint density at radius 1 is 1.33 bits per heavy atom. The number of hydrogen-bond acceptors (Lipinski definition) is 3. The topological polar surface area (TPSA) is 66.5 Å². The molecule has 4 N–H and O–H groups in total. The molecule has 0 saturated heterocycles. The highest BCUT2D eigenvalue weighted by Crippen LogP contribution is 2.34. The Kier molecular flexibility index (Phi) is 5.08. The molecule has 0 saturated carbocycles. The van der Waals surface area contributed by atoms with Crippen molar-refractivity contribution in [2.45, 2.75) is 19.9 Å². The molecule has 0 heterocycles. The predicted octanol–water partition coefficient (Wildman–Crippen LogP) is 1.83. The summed E-state index contributed by atoms with van der Waals surface area (Å²) in [5.41, 5.74) is 6.21. The van der Waals surface area contributed by atoms with Crippen LogP contribution in [0.4, 0.5) is 0 Å². The van der Waals surface area contributed by atoms with Crippen molar-refractivity contribution in [1.29, 1.82) is 0 Å². The van der Waals surface area contributed by atoms with Crippen molar-refractivity contribution >= 4 is 12.4 Å². The van der Waals surface area contributed by atoms with Crippen molar-refractivity contribution in [3.8, 4) is 5.75 Å². The second kappa shape index (κ2) is 5.35. The summed E-state index contributed by atoms with van der Waals surface area (Å²) in [5.74, 6) is 0.182. The maximum atomic E-state index is 9.58. The molecule has 3 nitrogen and oxygen atoms in total. The summed E-state index contributed by atoms with van der Waals surface area (Å²) in [6.45, 7) is 3.72. The van der Waals surface area contributed by atoms with E-state index in [4.69, 9.17) is 10.8 Å². The lowest BCUT2D eigenvalue weighted by Crippen LogP contribution is -2.32. The Morgan fingerprint density at radius 2 is 1.87 bits per heavy atom. The molecule has 0 aromatic heterocycles. The number of halogens is 1. The average molecular weight is 232 g/mol. The lowest BCUT2D eigenvalue weighted by atomic mass is 9.81. The Morgan fingerprint density at radius 3 is 2.33 bits per heavy atom. The fourth-order valence-corrected chi connectivity index (χ4v) is 1.27. The van der Waals surface area contributed by atoms with E-state index >= 15 is 0 Å². The lowest BCUT2D eigenvalue weighted by Gasteiger charge is -2.30. The summed E-state index contributed by atoms with van der Waals surface area (Å²) in [6, 6.07) is 6.58. The number of hydrogen-bond donors (Lipinski definition) is 3. The van der Waals surface area contributed by atoms with Crippen LogP contribution in [0.2, 0.25) is 0 Å². The first-order valence-corrected chi connectivity index (χ1v) is 4.63. The summed E-state index contributed by atoms with van der Waals surface area (Å²) in [6.07, 6.45) is 0. The molecule has 4 heteroatoms. The quantitative estimate of drug-likeness (QED) is 0.744. The van der Waals surface area contributed by atoms with E-state index in [1.807, 2.05) is 19.9 Å². The van der Waals surface area contributed by atoms with Crippen LogP contribution in [0, 0.1) is 5.41 Å². The molecule has 0 spiro atoms. The van der Waals surface area contributed by atoms with Crippen LogP contribution in [0.5, 0.6) is 5.75 Å². The van der Waals surface area contributed by atoms with Gasteiger partial charge in [-0.1, -0.05) is 32.0 Å². The smallest absolute Gasteiger partial charge is 0.120 e. The van der Waals surface area contributed by atoms with Gasteiger partial charge < -0.3 is 15.9 Å². The Labute approximate surface area is 96.3 Å². The van der Waals surface area contributed by atoms with E-state index in [-0.39, 0.29) is 30.8 Å². The molecule has 1 aromatic carbocycles. The third kappa shape index (κ3) is 3.09. The highest BCUT2D eigenvalue weighted by atomic mass is 35.5. The largest absolute Gasteiger partial charge is 0.508 e. The van der Waals surface area contributed by atoms with E-state index in [0.29, 0.717) is 5.56 Å². The molecule has 0 amide bonds. The van der Waals surface area contributed by atoms with Crippen molar-refractivity contribution in [2.75, 3.05) is 6.61 Å². The van der Waals surface area contributed by atoms with Crippen molar-refractivity contribution in [2.24, 2.45) is 11.1 Å². The van der Waals surface area contributed by atoms with Crippen molar-refractivity contribution in [3.05, 3.63) is 29.8 Å². The van der Waals surface area contributed by atoms with Crippen molar-refractivity contribution in [3.63, 3.8) is 0 Å². The summed E-state index contributed by atoms with van der Waals surface area (Å²) in [4.78, 5) is 0. The van der Waals surface area contributed by atoms with Gasteiger partial charge in [0, 0.05) is 23.6 Å². The van der Waals surface area contributed by atoms with Gasteiger partial charge in [-0.2, -0.15) is 0 Å². The standard InChI is InChI=1S/C11H17NO2.ClH/c1-11(2,7-13)10(12)8-5-3-4-6-9(8)14;/h3-6,10,13-14H,7,12H2,1-2H3;1H/t10-;/m0./s1. The van der Waals surface area contributed by atoms with Gasteiger partial charge in [0.1, 0.15) is 5.75 Å². The molecule has 0 aliphatic carbocycles. The molecule has 0 fully saturated rings. The minimum atomic E-state index is -0.432. The number of nitrogens with two attached hydrogens (primary N) is 1. The molecular weight excluding hydrogens is 214 g/mol. The van der Waals surface area contributed by atoms with Crippen LogP contribution in [0.3, 0.4) is 0 Å². The monoisotopic (exact) mass is 231 g/mol. The molecule has 86 valence electrons. The zero-order chi connectivity index (χ0) is 10.8.